The van der Waals surface area contributed by atoms with E-state index in [4.69, 9.17) is 4.74 Å². The lowest BCUT2D eigenvalue weighted by Crippen LogP contribution is -2.32. The Morgan fingerprint density at radius 1 is 1.12 bits per heavy atom. The Kier molecular flexibility index (Phi) is 6.12. The van der Waals surface area contributed by atoms with E-state index in [1.165, 1.54) is 5.56 Å². The van der Waals surface area contributed by atoms with E-state index in [-0.39, 0.29) is 18.8 Å². The van der Waals surface area contributed by atoms with Crippen molar-refractivity contribution in [2.45, 2.75) is 19.8 Å². The third-order valence-corrected chi connectivity index (χ3v) is 3.38. The van der Waals surface area contributed by atoms with Crippen molar-refractivity contribution in [2.75, 3.05) is 18.5 Å². The molecule has 0 heterocycles. The molecular formula is C18H20F2N2O2. The fourth-order valence-electron chi connectivity index (χ4n) is 2.04. The first kappa shape index (κ1) is 17.7. The van der Waals surface area contributed by atoms with Gasteiger partial charge in [0.2, 0.25) is 0 Å². The minimum atomic E-state index is -0.827. The molecule has 0 fully saturated rings. The molecule has 2 N–H and O–H groups in total. The van der Waals surface area contributed by atoms with Gasteiger partial charge in [0.05, 0.1) is 12.2 Å². The Balaban J connectivity index is 1.72. The average molecular weight is 334 g/mol. The van der Waals surface area contributed by atoms with Gasteiger partial charge in [0, 0.05) is 6.07 Å². The fraction of sp³-hybridized carbons (Fsp3) is 0.278. The van der Waals surface area contributed by atoms with Crippen molar-refractivity contribution in [2.24, 2.45) is 0 Å². The van der Waals surface area contributed by atoms with Crippen LogP contribution in [0, 0.1) is 11.6 Å². The van der Waals surface area contributed by atoms with Gasteiger partial charge in [-0.15, -0.1) is 0 Å². The third kappa shape index (κ3) is 5.22. The highest BCUT2D eigenvalue weighted by Gasteiger charge is 2.07. The molecule has 0 aliphatic rings. The number of carbonyl (C=O) groups excluding carboxylic acids is 1. The standard InChI is InChI=1S/C18H20F2N2O2/c1-12(2)13-3-6-15(7-4-13)24-10-9-21-18(23)22-17-8-5-14(19)11-16(17)20/h3-8,11-12H,9-10H2,1-2H3,(H2,21,22,23). The van der Waals surface area contributed by atoms with Crippen molar-refractivity contribution in [3.63, 3.8) is 0 Å². The van der Waals surface area contributed by atoms with E-state index in [1.807, 2.05) is 24.3 Å². The highest BCUT2D eigenvalue weighted by Crippen LogP contribution is 2.18. The lowest BCUT2D eigenvalue weighted by atomic mass is 10.0. The molecule has 2 rings (SSSR count). The minimum absolute atomic E-state index is 0.0842. The summed E-state index contributed by atoms with van der Waals surface area (Å²) in [7, 11) is 0. The smallest absolute Gasteiger partial charge is 0.319 e. The molecule has 4 nitrogen and oxygen atoms in total. The predicted molar refractivity (Wildman–Crippen MR) is 89.4 cm³/mol. The van der Waals surface area contributed by atoms with Crippen molar-refractivity contribution >= 4 is 11.7 Å². The molecule has 0 saturated heterocycles. The fourth-order valence-corrected chi connectivity index (χ4v) is 2.04. The van der Waals surface area contributed by atoms with Crippen LogP contribution < -0.4 is 15.4 Å². The Bertz CT molecular complexity index is 688. The Morgan fingerprint density at radius 3 is 2.46 bits per heavy atom. The molecule has 24 heavy (non-hydrogen) atoms. The van der Waals surface area contributed by atoms with Gasteiger partial charge < -0.3 is 15.4 Å². The van der Waals surface area contributed by atoms with Gasteiger partial charge in [-0.3, -0.25) is 0 Å². The van der Waals surface area contributed by atoms with E-state index in [0.29, 0.717) is 17.7 Å². The van der Waals surface area contributed by atoms with Crippen molar-refractivity contribution in [1.29, 1.82) is 0 Å². The summed E-state index contributed by atoms with van der Waals surface area (Å²) in [5.74, 6) is -0.357. The number of carbonyl (C=O) groups is 1. The number of rotatable bonds is 6. The second kappa shape index (κ2) is 8.29. The van der Waals surface area contributed by atoms with Crippen LogP contribution in [-0.2, 0) is 0 Å². The summed E-state index contributed by atoms with van der Waals surface area (Å²) < 4.78 is 31.7. The summed E-state index contributed by atoms with van der Waals surface area (Å²) in [6.45, 7) is 4.76. The monoisotopic (exact) mass is 334 g/mol. The SMILES string of the molecule is CC(C)c1ccc(OCCNC(=O)Nc2ccc(F)cc2F)cc1. The van der Waals surface area contributed by atoms with Crippen LogP contribution in [0.4, 0.5) is 19.3 Å². The van der Waals surface area contributed by atoms with Crippen LogP contribution in [0.2, 0.25) is 0 Å². The Morgan fingerprint density at radius 2 is 1.83 bits per heavy atom. The molecule has 0 unspecified atom stereocenters. The molecule has 0 aliphatic heterocycles. The van der Waals surface area contributed by atoms with E-state index in [2.05, 4.69) is 24.5 Å². The number of amides is 2. The van der Waals surface area contributed by atoms with Gasteiger partial charge in [0.25, 0.3) is 0 Å². The lowest BCUT2D eigenvalue weighted by molar-refractivity contribution is 0.247. The molecule has 0 spiro atoms. The largest absolute Gasteiger partial charge is 0.492 e. The van der Waals surface area contributed by atoms with Crippen molar-refractivity contribution in [3.05, 3.63) is 59.7 Å². The van der Waals surface area contributed by atoms with Gasteiger partial charge in [-0.2, -0.15) is 0 Å². The lowest BCUT2D eigenvalue weighted by Gasteiger charge is -2.10. The van der Waals surface area contributed by atoms with Gasteiger partial charge in [-0.1, -0.05) is 26.0 Å². The minimum Gasteiger partial charge on any atom is -0.492 e. The summed E-state index contributed by atoms with van der Waals surface area (Å²) in [4.78, 5) is 11.6. The molecule has 6 heteroatoms. The van der Waals surface area contributed by atoms with Crippen molar-refractivity contribution < 1.29 is 18.3 Å². The van der Waals surface area contributed by atoms with Crippen LogP contribution in [-0.4, -0.2) is 19.2 Å². The molecular weight excluding hydrogens is 314 g/mol. The third-order valence-electron chi connectivity index (χ3n) is 3.38. The van der Waals surface area contributed by atoms with Crippen LogP contribution >= 0.6 is 0 Å². The maximum atomic E-state index is 13.4. The summed E-state index contributed by atoms with van der Waals surface area (Å²) >= 11 is 0. The Hall–Kier alpha value is -2.63. The van der Waals surface area contributed by atoms with Gasteiger partial charge in [-0.05, 0) is 35.7 Å². The molecule has 0 radical (unpaired) electrons. The molecule has 2 aromatic carbocycles. The predicted octanol–water partition coefficient (Wildman–Crippen LogP) is 4.29. The van der Waals surface area contributed by atoms with Crippen LogP contribution in [0.1, 0.15) is 25.3 Å². The molecule has 0 atom stereocenters. The zero-order valence-corrected chi connectivity index (χ0v) is 13.6. The van der Waals surface area contributed by atoms with Gasteiger partial charge in [0.15, 0.2) is 0 Å². The summed E-state index contributed by atoms with van der Waals surface area (Å²) in [5, 5.41) is 4.85. The quantitative estimate of drug-likeness (QED) is 0.774. The van der Waals surface area contributed by atoms with Crippen LogP contribution in [0.15, 0.2) is 42.5 Å². The molecule has 0 aromatic heterocycles. The molecule has 0 saturated carbocycles. The molecule has 0 bridgehead atoms. The van der Waals surface area contributed by atoms with Crippen molar-refractivity contribution in [1.82, 2.24) is 5.32 Å². The highest BCUT2D eigenvalue weighted by atomic mass is 19.1. The van der Waals surface area contributed by atoms with Gasteiger partial charge in [-0.25, -0.2) is 13.6 Å². The summed E-state index contributed by atoms with van der Waals surface area (Å²) in [6.07, 6.45) is 0. The number of halogens is 2. The normalized spacial score (nSPS) is 10.5. The average Bonchev–Trinajstić information content (AvgIpc) is 2.55. The van der Waals surface area contributed by atoms with Crippen LogP contribution in [0.25, 0.3) is 0 Å². The zero-order valence-electron chi connectivity index (χ0n) is 13.6. The second-order valence-corrected chi connectivity index (χ2v) is 5.58. The maximum absolute atomic E-state index is 13.4. The van der Waals surface area contributed by atoms with E-state index in [0.717, 1.165) is 12.1 Å². The first-order valence-corrected chi connectivity index (χ1v) is 7.68. The number of hydrogen-bond donors (Lipinski definition) is 2. The van der Waals surface area contributed by atoms with Gasteiger partial charge >= 0.3 is 6.03 Å². The molecule has 2 amide bonds. The molecule has 0 aliphatic carbocycles. The topological polar surface area (TPSA) is 50.4 Å². The van der Waals surface area contributed by atoms with E-state index < -0.39 is 17.7 Å². The number of nitrogens with one attached hydrogen (secondary N) is 2. The maximum Gasteiger partial charge on any atom is 0.319 e. The summed E-state index contributed by atoms with van der Waals surface area (Å²) in [6, 6.07) is 10.1. The molecule has 128 valence electrons. The zero-order chi connectivity index (χ0) is 17.5. The van der Waals surface area contributed by atoms with Crippen LogP contribution in [0.3, 0.4) is 0 Å². The number of hydrogen-bond acceptors (Lipinski definition) is 2. The molecule has 2 aromatic rings. The second-order valence-electron chi connectivity index (χ2n) is 5.58. The highest BCUT2D eigenvalue weighted by molar-refractivity contribution is 5.89. The number of anilines is 1. The number of urea groups is 1. The Labute approximate surface area is 139 Å². The van der Waals surface area contributed by atoms with Crippen LogP contribution in [0.5, 0.6) is 5.75 Å². The van der Waals surface area contributed by atoms with E-state index in [1.54, 1.807) is 0 Å². The first-order chi connectivity index (χ1) is 11.5. The summed E-state index contributed by atoms with van der Waals surface area (Å²) in [5.41, 5.74) is 1.14. The van der Waals surface area contributed by atoms with Crippen molar-refractivity contribution in [3.8, 4) is 5.75 Å². The number of ether oxygens (including phenoxy) is 1. The number of benzene rings is 2. The van der Waals surface area contributed by atoms with Gasteiger partial charge in [0.1, 0.15) is 24.0 Å². The first-order valence-electron chi connectivity index (χ1n) is 7.68. The van der Waals surface area contributed by atoms with E-state index in [9.17, 15) is 13.6 Å². The van der Waals surface area contributed by atoms with E-state index >= 15 is 0 Å².